The minimum Gasteiger partial charge on any atom is -0.506 e. The SMILES string of the molecule is C=CC(=O)N1CCN(c2ncnc3c(=O)n(-c4c(O)cccc4F)c(C)cc23)CC1. The number of fused-ring (bicyclic) bond motifs is 1. The van der Waals surface area contributed by atoms with E-state index in [1.54, 1.807) is 17.9 Å². The molecule has 0 bridgehead atoms. The Balaban J connectivity index is 1.80. The molecule has 1 aliphatic rings. The standard InChI is InChI=1S/C21H20FN5O3/c1-3-17(29)25-7-9-26(10-8-25)20-14-11-13(2)27(21(30)18(14)23-12-24-20)19-15(22)5-4-6-16(19)28/h3-6,11-12,28H,1,7-10H2,2H3. The molecule has 1 amide bonds. The molecule has 9 heteroatoms. The molecule has 8 nitrogen and oxygen atoms in total. The number of nitrogens with zero attached hydrogens (tertiary/aromatic N) is 5. The van der Waals surface area contributed by atoms with Crippen LogP contribution in [0, 0.1) is 12.7 Å². The summed E-state index contributed by atoms with van der Waals surface area (Å²) in [5.74, 6) is -0.588. The van der Waals surface area contributed by atoms with Gasteiger partial charge in [-0.3, -0.25) is 14.2 Å². The number of pyridine rings is 1. The number of aromatic hydroxyl groups is 1. The van der Waals surface area contributed by atoms with Crippen LogP contribution in [0.4, 0.5) is 10.2 Å². The fourth-order valence-electron chi connectivity index (χ4n) is 3.75. The predicted molar refractivity (Wildman–Crippen MR) is 110 cm³/mol. The van der Waals surface area contributed by atoms with Gasteiger partial charge in [0.15, 0.2) is 5.82 Å². The number of hydrogen-bond acceptors (Lipinski definition) is 6. The molecule has 1 saturated heterocycles. The van der Waals surface area contributed by atoms with Gasteiger partial charge in [-0.1, -0.05) is 12.6 Å². The van der Waals surface area contributed by atoms with E-state index in [2.05, 4.69) is 16.5 Å². The third kappa shape index (κ3) is 3.18. The van der Waals surface area contributed by atoms with Gasteiger partial charge in [0.05, 0.1) is 5.39 Å². The van der Waals surface area contributed by atoms with E-state index in [1.807, 2.05) is 4.90 Å². The number of rotatable bonds is 3. The molecular weight excluding hydrogens is 389 g/mol. The van der Waals surface area contributed by atoms with Crippen LogP contribution in [0.25, 0.3) is 16.6 Å². The molecule has 0 radical (unpaired) electrons. The number of carbonyl (C=O) groups is 1. The highest BCUT2D eigenvalue weighted by Crippen LogP contribution is 2.28. The molecule has 4 rings (SSSR count). The van der Waals surface area contributed by atoms with Crippen molar-refractivity contribution in [3.8, 4) is 11.4 Å². The lowest BCUT2D eigenvalue weighted by Crippen LogP contribution is -2.48. The van der Waals surface area contributed by atoms with Gasteiger partial charge in [0, 0.05) is 31.9 Å². The zero-order valence-corrected chi connectivity index (χ0v) is 16.4. The highest BCUT2D eigenvalue weighted by Gasteiger charge is 2.24. The maximum Gasteiger partial charge on any atom is 0.282 e. The van der Waals surface area contributed by atoms with Crippen LogP contribution in [0.2, 0.25) is 0 Å². The van der Waals surface area contributed by atoms with Gasteiger partial charge in [0.2, 0.25) is 5.91 Å². The van der Waals surface area contributed by atoms with Crippen molar-refractivity contribution in [2.45, 2.75) is 6.92 Å². The Morgan fingerprint density at radius 2 is 1.97 bits per heavy atom. The fourth-order valence-corrected chi connectivity index (χ4v) is 3.75. The van der Waals surface area contributed by atoms with Crippen molar-refractivity contribution in [1.29, 1.82) is 0 Å². The molecule has 0 spiro atoms. The number of aromatic nitrogens is 3. The first-order valence-corrected chi connectivity index (χ1v) is 9.44. The Morgan fingerprint density at radius 1 is 1.23 bits per heavy atom. The second kappa shape index (κ2) is 7.58. The van der Waals surface area contributed by atoms with Crippen LogP contribution in [0.3, 0.4) is 0 Å². The number of aryl methyl sites for hydroxylation is 1. The molecule has 0 atom stereocenters. The summed E-state index contributed by atoms with van der Waals surface area (Å²) in [6, 6.07) is 5.58. The van der Waals surface area contributed by atoms with Gasteiger partial charge in [-0.05, 0) is 31.2 Å². The monoisotopic (exact) mass is 409 g/mol. The van der Waals surface area contributed by atoms with E-state index in [9.17, 15) is 19.1 Å². The summed E-state index contributed by atoms with van der Waals surface area (Å²) in [7, 11) is 0. The molecule has 3 heterocycles. The first-order valence-electron chi connectivity index (χ1n) is 9.44. The van der Waals surface area contributed by atoms with Crippen LogP contribution in [0.1, 0.15) is 5.69 Å². The fraction of sp³-hybridized carbons (Fsp3) is 0.238. The van der Waals surface area contributed by atoms with E-state index >= 15 is 0 Å². The normalized spacial score (nSPS) is 14.2. The van der Waals surface area contributed by atoms with Crippen molar-refractivity contribution in [2.24, 2.45) is 0 Å². The van der Waals surface area contributed by atoms with Gasteiger partial charge in [-0.2, -0.15) is 0 Å². The van der Waals surface area contributed by atoms with Gasteiger partial charge in [-0.15, -0.1) is 0 Å². The summed E-state index contributed by atoms with van der Waals surface area (Å²) >= 11 is 0. The largest absolute Gasteiger partial charge is 0.506 e. The predicted octanol–water partition coefficient (Wildman–Crippen LogP) is 1.77. The highest BCUT2D eigenvalue weighted by atomic mass is 19.1. The molecule has 0 unspecified atom stereocenters. The summed E-state index contributed by atoms with van der Waals surface area (Å²) in [6.07, 6.45) is 2.58. The molecule has 3 aromatic rings. The second-order valence-corrected chi connectivity index (χ2v) is 7.01. The van der Waals surface area contributed by atoms with E-state index < -0.39 is 11.4 Å². The average Bonchev–Trinajstić information content (AvgIpc) is 2.75. The van der Waals surface area contributed by atoms with E-state index in [0.29, 0.717) is 43.1 Å². The quantitative estimate of drug-likeness (QED) is 0.663. The van der Waals surface area contributed by atoms with Crippen LogP contribution < -0.4 is 10.5 Å². The summed E-state index contributed by atoms with van der Waals surface area (Å²) in [6.45, 7) is 7.27. The second-order valence-electron chi connectivity index (χ2n) is 7.01. The Kier molecular flexibility index (Phi) is 4.94. The molecule has 1 fully saturated rings. The van der Waals surface area contributed by atoms with Crippen molar-refractivity contribution in [3.63, 3.8) is 0 Å². The average molecular weight is 409 g/mol. The first-order chi connectivity index (χ1) is 14.4. The molecule has 1 aliphatic heterocycles. The van der Waals surface area contributed by atoms with Crippen LogP contribution >= 0.6 is 0 Å². The van der Waals surface area contributed by atoms with Crippen LogP contribution in [-0.4, -0.2) is 56.6 Å². The summed E-state index contributed by atoms with van der Waals surface area (Å²) in [4.78, 5) is 37.2. The van der Waals surface area contributed by atoms with Crippen LogP contribution in [0.15, 0.2) is 48.0 Å². The number of anilines is 1. The maximum absolute atomic E-state index is 14.4. The Labute approximate surface area is 171 Å². The Bertz CT molecular complexity index is 1190. The molecule has 30 heavy (non-hydrogen) atoms. The molecule has 1 N–H and O–H groups in total. The third-order valence-electron chi connectivity index (χ3n) is 5.23. The molecule has 2 aromatic heterocycles. The minimum atomic E-state index is -0.711. The van der Waals surface area contributed by atoms with Gasteiger partial charge in [0.25, 0.3) is 5.56 Å². The summed E-state index contributed by atoms with van der Waals surface area (Å²) in [5.41, 5.74) is -0.199. The number of carbonyl (C=O) groups excluding carboxylic acids is 1. The smallest absolute Gasteiger partial charge is 0.282 e. The Hall–Kier alpha value is -3.75. The van der Waals surface area contributed by atoms with E-state index in [1.165, 1.54) is 30.6 Å². The van der Waals surface area contributed by atoms with E-state index in [-0.39, 0.29) is 22.9 Å². The molecule has 154 valence electrons. The zero-order valence-electron chi connectivity index (χ0n) is 16.4. The topological polar surface area (TPSA) is 91.6 Å². The van der Waals surface area contributed by atoms with Crippen molar-refractivity contribution in [2.75, 3.05) is 31.1 Å². The van der Waals surface area contributed by atoms with Crippen molar-refractivity contribution < 1.29 is 14.3 Å². The van der Waals surface area contributed by atoms with Crippen molar-refractivity contribution in [3.05, 3.63) is 65.1 Å². The van der Waals surface area contributed by atoms with E-state index in [4.69, 9.17) is 0 Å². The van der Waals surface area contributed by atoms with E-state index in [0.717, 1.165) is 4.57 Å². The highest BCUT2D eigenvalue weighted by molar-refractivity contribution is 5.90. The van der Waals surface area contributed by atoms with Crippen molar-refractivity contribution >= 4 is 22.6 Å². The number of hydrogen-bond donors (Lipinski definition) is 1. The molecule has 0 saturated carbocycles. The number of halogens is 1. The number of phenols is 1. The lowest BCUT2D eigenvalue weighted by molar-refractivity contribution is -0.126. The van der Waals surface area contributed by atoms with Gasteiger partial charge in [0.1, 0.15) is 29.1 Å². The molecule has 1 aromatic carbocycles. The number of para-hydroxylation sites is 1. The lowest BCUT2D eigenvalue weighted by Gasteiger charge is -2.35. The first kappa shape index (κ1) is 19.6. The van der Waals surface area contributed by atoms with Gasteiger partial charge < -0.3 is 14.9 Å². The summed E-state index contributed by atoms with van der Waals surface area (Å²) in [5, 5.41) is 10.7. The van der Waals surface area contributed by atoms with Crippen LogP contribution in [0.5, 0.6) is 5.75 Å². The molecule has 0 aliphatic carbocycles. The third-order valence-corrected chi connectivity index (χ3v) is 5.23. The number of benzene rings is 1. The van der Waals surface area contributed by atoms with Gasteiger partial charge in [-0.25, -0.2) is 14.4 Å². The van der Waals surface area contributed by atoms with Crippen LogP contribution in [-0.2, 0) is 4.79 Å². The number of amides is 1. The molecular formula is C21H20FN5O3. The Morgan fingerprint density at radius 3 is 2.63 bits per heavy atom. The maximum atomic E-state index is 14.4. The summed E-state index contributed by atoms with van der Waals surface area (Å²) < 4.78 is 15.5. The zero-order chi connectivity index (χ0) is 21.4. The lowest BCUT2D eigenvalue weighted by atomic mass is 10.2. The van der Waals surface area contributed by atoms with Gasteiger partial charge >= 0.3 is 0 Å². The minimum absolute atomic E-state index is 0.120. The number of piperazine rings is 1. The number of phenolic OH excluding ortho intramolecular Hbond substituents is 1. The van der Waals surface area contributed by atoms with Crippen molar-refractivity contribution in [1.82, 2.24) is 19.4 Å².